The number of aryl methyl sites for hydroxylation is 1. The van der Waals surface area contributed by atoms with E-state index in [1.54, 1.807) is 19.2 Å². The Kier molecular flexibility index (Phi) is 5.89. The summed E-state index contributed by atoms with van der Waals surface area (Å²) in [5, 5.41) is 21.9. The topological polar surface area (TPSA) is 117 Å². The van der Waals surface area contributed by atoms with Gasteiger partial charge in [0.2, 0.25) is 5.82 Å². The largest absolute Gasteiger partial charge is 1.00 e. The first-order valence-corrected chi connectivity index (χ1v) is 4.15. The van der Waals surface area contributed by atoms with Crippen LogP contribution in [0.3, 0.4) is 0 Å². The zero-order valence-corrected chi connectivity index (χ0v) is 11.3. The molecule has 0 saturated heterocycles. The van der Waals surface area contributed by atoms with Crippen LogP contribution in [0.5, 0.6) is 0 Å². The molecule has 8 nitrogen and oxygen atoms in total. The average Bonchev–Trinajstić information content (AvgIpc) is 2.65. The summed E-state index contributed by atoms with van der Waals surface area (Å²) in [6.45, 7) is 0. The van der Waals surface area contributed by atoms with Crippen LogP contribution in [0.15, 0.2) is 24.3 Å². The Labute approximate surface area is 118 Å². The molecule has 9 heteroatoms. The summed E-state index contributed by atoms with van der Waals surface area (Å²) in [5.74, 6) is 0.376. The van der Waals surface area contributed by atoms with E-state index in [9.17, 15) is 10.1 Å². The number of tetrazole rings is 1. The third-order valence-corrected chi connectivity index (χ3v) is 1.82. The van der Waals surface area contributed by atoms with Crippen molar-refractivity contribution in [2.24, 2.45) is 7.05 Å². The van der Waals surface area contributed by atoms with Crippen molar-refractivity contribution >= 4 is 5.69 Å². The van der Waals surface area contributed by atoms with E-state index < -0.39 is 4.92 Å². The molecule has 2 aromatic rings. The number of benzene rings is 1. The fraction of sp³-hybridized carbons (Fsp3) is 0.125. The van der Waals surface area contributed by atoms with Crippen LogP contribution in [0.1, 0.15) is 0 Å². The minimum atomic E-state index is -0.458. The van der Waals surface area contributed by atoms with Crippen molar-refractivity contribution in [1.82, 2.24) is 20.2 Å². The molecular formula is C8H8N5NaO3. The van der Waals surface area contributed by atoms with Crippen LogP contribution in [0.2, 0.25) is 0 Å². The zero-order valence-electron chi connectivity index (χ0n) is 9.31. The molecule has 0 radical (unpaired) electrons. The maximum Gasteiger partial charge on any atom is 1.00 e. The first-order chi connectivity index (χ1) is 7.16. The zero-order chi connectivity index (χ0) is 10.8. The van der Waals surface area contributed by atoms with Gasteiger partial charge in [0, 0.05) is 17.7 Å². The van der Waals surface area contributed by atoms with Crippen molar-refractivity contribution < 1.29 is 40.0 Å². The van der Waals surface area contributed by atoms with Crippen LogP contribution in [0.4, 0.5) is 5.69 Å². The third kappa shape index (κ3) is 3.56. The molecule has 0 fully saturated rings. The Morgan fingerprint density at radius 3 is 2.65 bits per heavy atom. The Hall–Kier alpha value is -1.35. The van der Waals surface area contributed by atoms with Gasteiger partial charge in [-0.05, 0) is 5.21 Å². The van der Waals surface area contributed by atoms with Crippen LogP contribution in [-0.2, 0) is 7.05 Å². The molecule has 0 spiro atoms. The van der Waals surface area contributed by atoms with Gasteiger partial charge < -0.3 is 5.48 Å². The maximum absolute atomic E-state index is 10.5. The Bertz CT molecular complexity index is 515. The molecule has 1 aromatic heterocycles. The van der Waals surface area contributed by atoms with Crippen LogP contribution in [-0.4, -0.2) is 30.6 Å². The normalized spacial score (nSPS) is 9.00. The summed E-state index contributed by atoms with van der Waals surface area (Å²) in [6, 6.07) is 6.12. The summed E-state index contributed by atoms with van der Waals surface area (Å²) in [4.78, 5) is 11.4. The number of hydrogen-bond donors (Lipinski definition) is 0. The molecule has 0 atom stereocenters. The van der Waals surface area contributed by atoms with Gasteiger partial charge in [0.05, 0.1) is 12.0 Å². The summed E-state index contributed by atoms with van der Waals surface area (Å²) < 4.78 is 0. The fourth-order valence-corrected chi connectivity index (χ4v) is 1.16. The molecule has 2 rings (SSSR count). The third-order valence-electron chi connectivity index (χ3n) is 1.82. The average molecular weight is 245 g/mol. The van der Waals surface area contributed by atoms with Gasteiger partial charge in [0.15, 0.2) is 0 Å². The fourth-order valence-electron chi connectivity index (χ4n) is 1.16. The Morgan fingerprint density at radius 2 is 2.12 bits per heavy atom. The van der Waals surface area contributed by atoms with Gasteiger partial charge in [-0.1, -0.05) is 12.1 Å². The van der Waals surface area contributed by atoms with Crippen molar-refractivity contribution in [3.63, 3.8) is 0 Å². The summed E-state index contributed by atoms with van der Waals surface area (Å²) in [6.07, 6.45) is 0. The molecule has 0 unspecified atom stereocenters. The monoisotopic (exact) mass is 245 g/mol. The molecule has 0 aliphatic rings. The quantitative estimate of drug-likeness (QED) is 0.331. The summed E-state index contributed by atoms with van der Waals surface area (Å²) in [7, 11) is 1.63. The van der Waals surface area contributed by atoms with Gasteiger partial charge in [0.1, 0.15) is 0 Å². The molecule has 1 aromatic carbocycles. The van der Waals surface area contributed by atoms with Crippen molar-refractivity contribution in [2.75, 3.05) is 0 Å². The molecule has 0 aliphatic carbocycles. The van der Waals surface area contributed by atoms with Crippen LogP contribution < -0.4 is 29.6 Å². The van der Waals surface area contributed by atoms with E-state index in [0.717, 1.165) is 0 Å². The number of aromatic nitrogens is 4. The predicted molar refractivity (Wildman–Crippen MR) is 52.8 cm³/mol. The minimum Gasteiger partial charge on any atom is -0.870 e. The van der Waals surface area contributed by atoms with Gasteiger partial charge in [-0.25, -0.2) is 0 Å². The first-order valence-electron chi connectivity index (χ1n) is 4.15. The molecular weight excluding hydrogens is 237 g/mol. The van der Waals surface area contributed by atoms with Crippen molar-refractivity contribution in [2.45, 2.75) is 0 Å². The smallest absolute Gasteiger partial charge is 0.870 e. The van der Waals surface area contributed by atoms with Gasteiger partial charge in [-0.15, -0.1) is 10.2 Å². The van der Waals surface area contributed by atoms with Gasteiger partial charge in [-0.2, -0.15) is 4.80 Å². The minimum absolute atomic E-state index is 0. The van der Waals surface area contributed by atoms with Crippen molar-refractivity contribution in [3.05, 3.63) is 34.4 Å². The van der Waals surface area contributed by atoms with Gasteiger partial charge >= 0.3 is 29.6 Å². The second-order valence-electron chi connectivity index (χ2n) is 2.91. The molecule has 0 aliphatic heterocycles. The standard InChI is InChI=1S/C8H7N5O2.Na.H2O/c1-12-10-8(9-11-12)6-3-2-4-7(5-6)13(14)15;;/h2-5H,1H3;;1H2/q;+1;/p-1. The number of rotatable bonds is 2. The van der Waals surface area contributed by atoms with Crippen LogP contribution >= 0.6 is 0 Å². The predicted octanol–water partition coefficient (Wildman–Crippen LogP) is -2.39. The van der Waals surface area contributed by atoms with E-state index in [4.69, 9.17) is 0 Å². The molecule has 17 heavy (non-hydrogen) atoms. The maximum atomic E-state index is 10.5. The number of nitro groups is 1. The van der Waals surface area contributed by atoms with E-state index in [0.29, 0.717) is 11.4 Å². The van der Waals surface area contributed by atoms with E-state index in [2.05, 4.69) is 15.4 Å². The number of non-ortho nitro benzene ring substituents is 1. The molecule has 0 amide bonds. The molecule has 84 valence electrons. The second-order valence-corrected chi connectivity index (χ2v) is 2.91. The Balaban J connectivity index is 0.00000128. The van der Waals surface area contributed by atoms with Gasteiger partial charge in [-0.3, -0.25) is 10.1 Å². The van der Waals surface area contributed by atoms with Crippen LogP contribution in [0.25, 0.3) is 11.4 Å². The Morgan fingerprint density at radius 1 is 1.41 bits per heavy atom. The number of hydrogen-bond acceptors (Lipinski definition) is 6. The second kappa shape index (κ2) is 6.40. The van der Waals surface area contributed by atoms with E-state index >= 15 is 0 Å². The van der Waals surface area contributed by atoms with E-state index in [1.165, 1.54) is 16.9 Å². The van der Waals surface area contributed by atoms with E-state index in [-0.39, 0.29) is 40.7 Å². The van der Waals surface area contributed by atoms with Crippen LogP contribution in [0, 0.1) is 10.1 Å². The molecule has 1 heterocycles. The van der Waals surface area contributed by atoms with E-state index in [1.807, 2.05) is 0 Å². The number of nitro benzene ring substituents is 1. The summed E-state index contributed by atoms with van der Waals surface area (Å²) >= 11 is 0. The summed E-state index contributed by atoms with van der Waals surface area (Å²) in [5.41, 5.74) is 0.595. The first kappa shape index (κ1) is 15.7. The number of nitrogens with zero attached hydrogens (tertiary/aromatic N) is 5. The van der Waals surface area contributed by atoms with Crippen molar-refractivity contribution in [3.8, 4) is 11.4 Å². The van der Waals surface area contributed by atoms with Crippen molar-refractivity contribution in [1.29, 1.82) is 0 Å². The molecule has 0 saturated carbocycles. The van der Waals surface area contributed by atoms with Gasteiger partial charge in [0.25, 0.3) is 5.69 Å². The molecule has 0 bridgehead atoms. The molecule has 1 N–H and O–H groups in total. The SMILES string of the molecule is Cn1nnc(-c2cccc([N+](=O)[O-])c2)n1.[Na+].[OH-].